The summed E-state index contributed by atoms with van der Waals surface area (Å²) in [6, 6.07) is 5.15. The smallest absolute Gasteiger partial charge is 0.243 e. The molecule has 5 nitrogen and oxygen atoms in total. The molecule has 2 rings (SSSR count). The first-order valence-electron chi connectivity index (χ1n) is 6.53. The number of halogens is 1. The Morgan fingerprint density at radius 2 is 1.90 bits per heavy atom. The van der Waals surface area contributed by atoms with Crippen LogP contribution in [0.2, 0.25) is 0 Å². The Balaban J connectivity index is 1.90. The van der Waals surface area contributed by atoms with Crippen molar-refractivity contribution in [3.63, 3.8) is 0 Å². The molecule has 0 radical (unpaired) electrons. The van der Waals surface area contributed by atoms with Crippen molar-refractivity contribution in [2.75, 3.05) is 19.6 Å². The average Bonchev–Trinajstić information content (AvgIpc) is 2.92. The van der Waals surface area contributed by atoms with Gasteiger partial charge in [0.15, 0.2) is 0 Å². The van der Waals surface area contributed by atoms with E-state index in [2.05, 4.69) is 4.72 Å². The van der Waals surface area contributed by atoms with Gasteiger partial charge in [-0.05, 0) is 25.0 Å². The number of hydrogen-bond donors (Lipinski definition) is 1. The fourth-order valence-electron chi connectivity index (χ4n) is 2.16. The van der Waals surface area contributed by atoms with Crippen molar-refractivity contribution in [3.05, 3.63) is 30.1 Å². The summed E-state index contributed by atoms with van der Waals surface area (Å²) >= 11 is 0. The maximum absolute atomic E-state index is 13.4. The zero-order valence-corrected chi connectivity index (χ0v) is 11.8. The summed E-state index contributed by atoms with van der Waals surface area (Å²) < 4.78 is 39.4. The highest BCUT2D eigenvalue weighted by Gasteiger charge is 2.20. The quantitative estimate of drug-likeness (QED) is 0.886. The Hall–Kier alpha value is -1.47. The molecule has 110 valence electrons. The molecular weight excluding hydrogens is 283 g/mol. The van der Waals surface area contributed by atoms with Crippen LogP contribution in [0.25, 0.3) is 0 Å². The third-order valence-electron chi connectivity index (χ3n) is 3.22. The molecule has 0 aromatic heterocycles. The van der Waals surface area contributed by atoms with Gasteiger partial charge in [0.2, 0.25) is 15.9 Å². The van der Waals surface area contributed by atoms with Crippen LogP contribution in [0.1, 0.15) is 19.3 Å². The van der Waals surface area contributed by atoms with Gasteiger partial charge >= 0.3 is 0 Å². The second kappa shape index (κ2) is 6.32. The molecule has 0 bridgehead atoms. The van der Waals surface area contributed by atoms with Gasteiger partial charge in [0.05, 0.1) is 0 Å². The largest absolute Gasteiger partial charge is 0.343 e. The van der Waals surface area contributed by atoms with Crippen molar-refractivity contribution < 1.29 is 17.6 Å². The van der Waals surface area contributed by atoms with E-state index < -0.39 is 20.7 Å². The van der Waals surface area contributed by atoms with Crippen molar-refractivity contribution in [1.82, 2.24) is 9.62 Å². The number of rotatable bonds is 5. The van der Waals surface area contributed by atoms with E-state index in [1.165, 1.54) is 18.2 Å². The third-order valence-corrected chi connectivity index (χ3v) is 4.71. The molecule has 1 aliphatic rings. The third kappa shape index (κ3) is 3.55. The minimum atomic E-state index is -3.91. The first-order valence-corrected chi connectivity index (χ1v) is 8.01. The molecule has 1 fully saturated rings. The maximum atomic E-state index is 13.4. The molecule has 0 saturated carbocycles. The summed E-state index contributed by atoms with van der Waals surface area (Å²) in [6.07, 6.45) is 2.08. The van der Waals surface area contributed by atoms with Gasteiger partial charge in [-0.25, -0.2) is 17.5 Å². The van der Waals surface area contributed by atoms with Gasteiger partial charge < -0.3 is 4.90 Å². The van der Waals surface area contributed by atoms with Crippen LogP contribution in [0.3, 0.4) is 0 Å². The van der Waals surface area contributed by atoms with Gasteiger partial charge in [-0.3, -0.25) is 4.79 Å². The van der Waals surface area contributed by atoms with Crippen LogP contribution in [0.5, 0.6) is 0 Å². The molecule has 1 saturated heterocycles. The van der Waals surface area contributed by atoms with E-state index in [-0.39, 0.29) is 18.9 Å². The van der Waals surface area contributed by atoms with E-state index in [0.717, 1.165) is 32.0 Å². The minimum absolute atomic E-state index is 0.0218. The molecule has 0 aliphatic carbocycles. The number of nitrogens with one attached hydrogen (secondary N) is 1. The molecule has 1 amide bonds. The summed E-state index contributed by atoms with van der Waals surface area (Å²) in [6.45, 7) is 1.45. The number of likely N-dealkylation sites (tertiary alicyclic amines) is 1. The Morgan fingerprint density at radius 1 is 1.25 bits per heavy atom. The summed E-state index contributed by atoms with van der Waals surface area (Å²) in [5, 5.41) is 0. The number of amides is 1. The average molecular weight is 300 g/mol. The molecule has 1 heterocycles. The first-order chi connectivity index (χ1) is 9.50. The first kappa shape index (κ1) is 14.9. The van der Waals surface area contributed by atoms with Gasteiger partial charge in [-0.15, -0.1) is 0 Å². The topological polar surface area (TPSA) is 66.5 Å². The van der Waals surface area contributed by atoms with E-state index >= 15 is 0 Å². The second-order valence-corrected chi connectivity index (χ2v) is 6.40. The number of nitrogens with zero attached hydrogens (tertiary/aromatic N) is 1. The predicted molar refractivity (Wildman–Crippen MR) is 72.0 cm³/mol. The lowest BCUT2D eigenvalue weighted by Crippen LogP contribution is -2.33. The van der Waals surface area contributed by atoms with Crippen LogP contribution >= 0.6 is 0 Å². The van der Waals surface area contributed by atoms with Crippen LogP contribution in [0.4, 0.5) is 4.39 Å². The van der Waals surface area contributed by atoms with Crippen molar-refractivity contribution >= 4 is 15.9 Å². The molecule has 7 heteroatoms. The predicted octanol–water partition coefficient (Wildman–Crippen LogP) is 1.12. The van der Waals surface area contributed by atoms with Crippen molar-refractivity contribution in [2.45, 2.75) is 24.2 Å². The van der Waals surface area contributed by atoms with Gasteiger partial charge in [0.25, 0.3) is 0 Å². The summed E-state index contributed by atoms with van der Waals surface area (Å²) in [7, 11) is -3.91. The fourth-order valence-corrected chi connectivity index (χ4v) is 3.27. The monoisotopic (exact) mass is 300 g/mol. The second-order valence-electron chi connectivity index (χ2n) is 4.67. The number of hydrogen-bond acceptors (Lipinski definition) is 3. The molecule has 20 heavy (non-hydrogen) atoms. The Morgan fingerprint density at radius 3 is 2.55 bits per heavy atom. The maximum Gasteiger partial charge on any atom is 0.243 e. The molecule has 1 aromatic rings. The molecule has 1 aromatic carbocycles. The lowest BCUT2D eigenvalue weighted by Gasteiger charge is -2.15. The van der Waals surface area contributed by atoms with Gasteiger partial charge in [0, 0.05) is 26.1 Å². The number of carbonyl (C=O) groups is 1. The van der Waals surface area contributed by atoms with Gasteiger partial charge in [-0.1, -0.05) is 12.1 Å². The molecule has 1 aliphatic heterocycles. The highest BCUT2D eigenvalue weighted by atomic mass is 32.2. The Labute approximate surface area is 117 Å². The molecule has 0 spiro atoms. The van der Waals surface area contributed by atoms with E-state index in [1.807, 2.05) is 0 Å². The summed E-state index contributed by atoms with van der Waals surface area (Å²) in [4.78, 5) is 13.1. The molecule has 1 N–H and O–H groups in total. The number of sulfonamides is 1. The van der Waals surface area contributed by atoms with Crippen LogP contribution < -0.4 is 4.72 Å². The van der Waals surface area contributed by atoms with Crippen molar-refractivity contribution in [2.24, 2.45) is 0 Å². The minimum Gasteiger partial charge on any atom is -0.343 e. The van der Waals surface area contributed by atoms with Crippen LogP contribution in [-0.2, 0) is 14.8 Å². The molecule has 0 atom stereocenters. The van der Waals surface area contributed by atoms with E-state index in [0.29, 0.717) is 0 Å². The van der Waals surface area contributed by atoms with E-state index in [1.54, 1.807) is 4.90 Å². The Kier molecular flexibility index (Phi) is 4.72. The van der Waals surface area contributed by atoms with Crippen LogP contribution in [0, 0.1) is 5.82 Å². The zero-order valence-electron chi connectivity index (χ0n) is 11.0. The fraction of sp³-hybridized carbons (Fsp3) is 0.462. The summed E-state index contributed by atoms with van der Waals surface area (Å²) in [5.41, 5.74) is 0. The lowest BCUT2D eigenvalue weighted by atomic mass is 10.3. The van der Waals surface area contributed by atoms with E-state index in [4.69, 9.17) is 0 Å². The molecular formula is C13H17FN2O3S. The number of benzene rings is 1. The van der Waals surface area contributed by atoms with Gasteiger partial charge in [-0.2, -0.15) is 0 Å². The molecule has 0 unspecified atom stereocenters. The van der Waals surface area contributed by atoms with Crippen LogP contribution in [0.15, 0.2) is 29.2 Å². The van der Waals surface area contributed by atoms with Gasteiger partial charge in [0.1, 0.15) is 10.7 Å². The Bertz CT molecular complexity index is 583. The van der Waals surface area contributed by atoms with Crippen LogP contribution in [-0.4, -0.2) is 38.9 Å². The SMILES string of the molecule is O=C(CCNS(=O)(=O)c1ccccc1F)N1CCCC1. The summed E-state index contributed by atoms with van der Waals surface area (Å²) in [5.74, 6) is -0.871. The normalized spacial score (nSPS) is 15.6. The highest BCUT2D eigenvalue weighted by Crippen LogP contribution is 2.13. The van der Waals surface area contributed by atoms with E-state index in [9.17, 15) is 17.6 Å². The lowest BCUT2D eigenvalue weighted by molar-refractivity contribution is -0.129. The highest BCUT2D eigenvalue weighted by molar-refractivity contribution is 7.89. The van der Waals surface area contributed by atoms with Crippen molar-refractivity contribution in [3.8, 4) is 0 Å². The van der Waals surface area contributed by atoms with Crippen molar-refractivity contribution in [1.29, 1.82) is 0 Å². The zero-order chi connectivity index (χ0) is 14.6. The number of carbonyl (C=O) groups excluding carboxylic acids is 1. The standard InChI is InChI=1S/C13H17FN2O3S/c14-11-5-1-2-6-12(11)20(18,19)15-8-7-13(17)16-9-3-4-10-16/h1-2,5-6,15H,3-4,7-10H2.